The molecule has 6 nitrogen and oxygen atoms in total. The fourth-order valence-electron chi connectivity index (χ4n) is 1.98. The summed E-state index contributed by atoms with van der Waals surface area (Å²) in [5, 5.41) is 16.1. The van der Waals surface area contributed by atoms with E-state index in [-0.39, 0.29) is 6.61 Å². The van der Waals surface area contributed by atoms with Crippen molar-refractivity contribution in [1.82, 2.24) is 10.6 Å². The highest BCUT2D eigenvalue weighted by Crippen LogP contribution is 2.12. The molecule has 6 heteroatoms. The number of guanidine groups is 1. The molecule has 0 aliphatic carbocycles. The molecule has 0 saturated heterocycles. The maximum atomic E-state index is 9.99. The summed E-state index contributed by atoms with van der Waals surface area (Å²) in [5.74, 6) is 2.16. The second-order valence-electron chi connectivity index (χ2n) is 5.17. The van der Waals surface area contributed by atoms with E-state index < -0.39 is 6.10 Å². The number of aliphatic hydroxyl groups excluding tert-OH is 1. The molecular formula is C17H23N3O3. The number of rotatable bonds is 7. The van der Waals surface area contributed by atoms with Crippen LogP contribution >= 0.6 is 0 Å². The molecule has 1 heterocycles. The number of aryl methyl sites for hydroxylation is 1. The van der Waals surface area contributed by atoms with Crippen LogP contribution in [0.25, 0.3) is 0 Å². The Balaban J connectivity index is 1.68. The zero-order valence-electron chi connectivity index (χ0n) is 13.5. The van der Waals surface area contributed by atoms with Crippen LogP contribution in [0.4, 0.5) is 0 Å². The van der Waals surface area contributed by atoms with E-state index in [4.69, 9.17) is 9.15 Å². The quantitative estimate of drug-likeness (QED) is 0.535. The number of aliphatic imine (C=N–C) groups is 1. The molecule has 1 aromatic carbocycles. The van der Waals surface area contributed by atoms with Crippen molar-refractivity contribution in [3.05, 3.63) is 54.0 Å². The largest absolute Gasteiger partial charge is 0.491 e. The van der Waals surface area contributed by atoms with Crippen LogP contribution in [0.2, 0.25) is 0 Å². The monoisotopic (exact) mass is 317 g/mol. The number of ether oxygens (including phenoxy) is 1. The normalized spacial score (nSPS) is 12.7. The van der Waals surface area contributed by atoms with Crippen molar-refractivity contribution in [3.8, 4) is 5.75 Å². The average Bonchev–Trinajstić information content (AvgIpc) is 3.06. The molecule has 1 unspecified atom stereocenters. The molecule has 1 aromatic heterocycles. The third-order valence-electron chi connectivity index (χ3n) is 3.17. The number of nitrogens with zero attached hydrogens (tertiary/aromatic N) is 1. The highest BCUT2D eigenvalue weighted by Gasteiger charge is 2.07. The van der Waals surface area contributed by atoms with Gasteiger partial charge in [-0.05, 0) is 36.8 Å². The van der Waals surface area contributed by atoms with E-state index in [0.29, 0.717) is 19.0 Å². The minimum absolute atomic E-state index is 0.214. The molecule has 0 radical (unpaired) electrons. The van der Waals surface area contributed by atoms with E-state index >= 15 is 0 Å². The Labute approximate surface area is 136 Å². The summed E-state index contributed by atoms with van der Waals surface area (Å²) in [6.07, 6.45) is 0.984. The molecule has 0 aliphatic rings. The molecule has 1 atom stereocenters. The van der Waals surface area contributed by atoms with Crippen molar-refractivity contribution in [2.75, 3.05) is 20.2 Å². The van der Waals surface area contributed by atoms with Gasteiger partial charge in [-0.2, -0.15) is 0 Å². The van der Waals surface area contributed by atoms with Crippen LogP contribution in [0, 0.1) is 6.92 Å². The van der Waals surface area contributed by atoms with Gasteiger partial charge in [0.25, 0.3) is 0 Å². The van der Waals surface area contributed by atoms with Gasteiger partial charge in [-0.25, -0.2) is 0 Å². The maximum Gasteiger partial charge on any atom is 0.191 e. The van der Waals surface area contributed by atoms with Crippen LogP contribution in [0.1, 0.15) is 11.3 Å². The van der Waals surface area contributed by atoms with Gasteiger partial charge in [0.1, 0.15) is 24.2 Å². The fourth-order valence-corrected chi connectivity index (χ4v) is 1.98. The SMILES string of the molecule is CN=C(NCc1ccco1)NCC(O)COc1cccc(C)c1. The van der Waals surface area contributed by atoms with Crippen molar-refractivity contribution >= 4 is 5.96 Å². The molecule has 124 valence electrons. The van der Waals surface area contributed by atoms with Crippen molar-refractivity contribution in [1.29, 1.82) is 0 Å². The summed E-state index contributed by atoms with van der Waals surface area (Å²) in [4.78, 5) is 4.09. The summed E-state index contributed by atoms with van der Waals surface area (Å²) in [6.45, 7) is 3.08. The maximum absolute atomic E-state index is 9.99. The van der Waals surface area contributed by atoms with Gasteiger partial charge in [0.15, 0.2) is 5.96 Å². The topological polar surface area (TPSA) is 79.0 Å². The zero-order valence-corrected chi connectivity index (χ0v) is 13.5. The van der Waals surface area contributed by atoms with Crippen molar-refractivity contribution < 1.29 is 14.3 Å². The number of aliphatic hydroxyl groups is 1. The predicted octanol–water partition coefficient (Wildman–Crippen LogP) is 1.69. The lowest BCUT2D eigenvalue weighted by Gasteiger charge is -2.16. The Bertz CT molecular complexity index is 611. The lowest BCUT2D eigenvalue weighted by molar-refractivity contribution is 0.110. The average molecular weight is 317 g/mol. The van der Waals surface area contributed by atoms with E-state index in [1.807, 2.05) is 43.3 Å². The van der Waals surface area contributed by atoms with E-state index in [1.54, 1.807) is 13.3 Å². The number of hydrogen-bond donors (Lipinski definition) is 3. The smallest absolute Gasteiger partial charge is 0.191 e. The van der Waals surface area contributed by atoms with Gasteiger partial charge in [0.05, 0.1) is 12.8 Å². The van der Waals surface area contributed by atoms with Gasteiger partial charge in [0.2, 0.25) is 0 Å². The van der Waals surface area contributed by atoms with E-state index in [0.717, 1.165) is 17.1 Å². The molecule has 0 spiro atoms. The van der Waals surface area contributed by atoms with Crippen LogP contribution in [0.3, 0.4) is 0 Å². The first kappa shape index (κ1) is 16.9. The first-order chi connectivity index (χ1) is 11.2. The van der Waals surface area contributed by atoms with Gasteiger partial charge in [-0.3, -0.25) is 4.99 Å². The van der Waals surface area contributed by atoms with Gasteiger partial charge >= 0.3 is 0 Å². The Kier molecular flexibility index (Phi) is 6.50. The third kappa shape index (κ3) is 6.04. The molecule has 2 aromatic rings. The zero-order chi connectivity index (χ0) is 16.5. The highest BCUT2D eigenvalue weighted by molar-refractivity contribution is 5.79. The van der Waals surface area contributed by atoms with E-state index in [9.17, 15) is 5.11 Å². The Morgan fingerprint density at radius 3 is 2.87 bits per heavy atom. The van der Waals surface area contributed by atoms with Crippen molar-refractivity contribution in [2.24, 2.45) is 4.99 Å². The number of furan rings is 1. The number of nitrogens with one attached hydrogen (secondary N) is 2. The standard InChI is InChI=1S/C17H23N3O3/c1-13-5-3-6-15(9-13)23-12-14(21)10-19-17(18-2)20-11-16-7-4-8-22-16/h3-9,14,21H,10-12H2,1-2H3,(H2,18,19,20). The number of benzene rings is 1. The molecule has 3 N–H and O–H groups in total. The molecular weight excluding hydrogens is 294 g/mol. The second-order valence-corrected chi connectivity index (χ2v) is 5.17. The van der Waals surface area contributed by atoms with E-state index in [2.05, 4.69) is 15.6 Å². The molecule has 0 bridgehead atoms. The summed E-state index contributed by atoms with van der Waals surface area (Å²) >= 11 is 0. The highest BCUT2D eigenvalue weighted by atomic mass is 16.5. The van der Waals surface area contributed by atoms with Crippen molar-refractivity contribution in [3.63, 3.8) is 0 Å². The van der Waals surface area contributed by atoms with E-state index in [1.165, 1.54) is 0 Å². The van der Waals surface area contributed by atoms with Crippen LogP contribution in [-0.4, -0.2) is 37.4 Å². The van der Waals surface area contributed by atoms with Crippen LogP contribution in [-0.2, 0) is 6.54 Å². The molecule has 0 fully saturated rings. The van der Waals surface area contributed by atoms with Crippen molar-refractivity contribution in [2.45, 2.75) is 19.6 Å². The fraction of sp³-hybridized carbons (Fsp3) is 0.353. The number of hydrogen-bond acceptors (Lipinski definition) is 4. The minimum atomic E-state index is -0.641. The molecule has 0 saturated carbocycles. The second kappa shape index (κ2) is 8.85. The van der Waals surface area contributed by atoms with Gasteiger partial charge in [-0.15, -0.1) is 0 Å². The Morgan fingerprint density at radius 2 is 2.17 bits per heavy atom. The minimum Gasteiger partial charge on any atom is -0.491 e. The lowest BCUT2D eigenvalue weighted by atomic mass is 10.2. The third-order valence-corrected chi connectivity index (χ3v) is 3.17. The van der Waals surface area contributed by atoms with Crippen LogP contribution in [0.5, 0.6) is 5.75 Å². The molecule has 23 heavy (non-hydrogen) atoms. The van der Waals surface area contributed by atoms with Crippen LogP contribution in [0.15, 0.2) is 52.1 Å². The van der Waals surface area contributed by atoms with Crippen LogP contribution < -0.4 is 15.4 Å². The predicted molar refractivity (Wildman–Crippen MR) is 89.6 cm³/mol. The molecule has 2 rings (SSSR count). The molecule has 0 aliphatic heterocycles. The molecule has 0 amide bonds. The summed E-state index contributed by atoms with van der Waals surface area (Å²) in [7, 11) is 1.67. The Morgan fingerprint density at radius 1 is 1.30 bits per heavy atom. The summed E-state index contributed by atoms with van der Waals surface area (Å²) < 4.78 is 10.8. The van der Waals surface area contributed by atoms with Gasteiger partial charge in [0, 0.05) is 13.6 Å². The van der Waals surface area contributed by atoms with Gasteiger partial charge < -0.3 is 24.9 Å². The first-order valence-corrected chi connectivity index (χ1v) is 7.52. The summed E-state index contributed by atoms with van der Waals surface area (Å²) in [6, 6.07) is 11.4. The first-order valence-electron chi connectivity index (χ1n) is 7.52. The van der Waals surface area contributed by atoms with Gasteiger partial charge in [-0.1, -0.05) is 12.1 Å². The summed E-state index contributed by atoms with van der Waals surface area (Å²) in [5.41, 5.74) is 1.12. The lowest BCUT2D eigenvalue weighted by Crippen LogP contribution is -2.42. The Hall–Kier alpha value is -2.47.